The third-order valence-corrected chi connectivity index (χ3v) is 4.08. The number of nitrogens with one attached hydrogen (secondary N) is 1. The van der Waals surface area contributed by atoms with Crippen molar-refractivity contribution in [3.05, 3.63) is 5.01 Å². The molecule has 1 amide bonds. The van der Waals surface area contributed by atoms with E-state index in [9.17, 15) is 4.79 Å². The van der Waals surface area contributed by atoms with Crippen LogP contribution in [0.2, 0.25) is 0 Å². The Morgan fingerprint density at radius 2 is 2.06 bits per heavy atom. The molecule has 1 N–H and O–H groups in total. The lowest BCUT2D eigenvalue weighted by atomic mass is 10.00. The Kier molecular flexibility index (Phi) is 5.07. The lowest BCUT2D eigenvalue weighted by Crippen LogP contribution is -2.44. The molecule has 0 spiro atoms. The molecule has 1 rings (SSSR count). The van der Waals surface area contributed by atoms with Crippen LogP contribution in [0.3, 0.4) is 0 Å². The molecule has 6 heteroatoms. The summed E-state index contributed by atoms with van der Waals surface area (Å²) in [6.45, 7) is 9.08. The van der Waals surface area contributed by atoms with Gasteiger partial charge in [-0.3, -0.25) is 4.79 Å². The fourth-order valence-electron chi connectivity index (χ4n) is 1.27. The second kappa shape index (κ2) is 6.13. The Hall–Kier alpha value is -1.17. The fraction of sp³-hybridized carbons (Fsp3) is 0.750. The van der Waals surface area contributed by atoms with Crippen LogP contribution in [0.15, 0.2) is 0 Å². The Morgan fingerprint density at radius 1 is 1.39 bits per heavy atom. The second-order valence-corrected chi connectivity index (χ2v) is 5.85. The molecule has 0 aromatic carbocycles. The molecule has 0 saturated heterocycles. The van der Waals surface area contributed by atoms with Crippen LogP contribution >= 0.6 is 11.3 Å². The van der Waals surface area contributed by atoms with Crippen LogP contribution in [0.5, 0.6) is 0 Å². The summed E-state index contributed by atoms with van der Waals surface area (Å²) in [6.07, 6.45) is 1.92. The van der Waals surface area contributed by atoms with Crippen LogP contribution in [0, 0.1) is 0 Å². The molecule has 18 heavy (non-hydrogen) atoms. The minimum Gasteiger partial charge on any atom is -0.360 e. The Bertz CT molecular complexity index is 403. The van der Waals surface area contributed by atoms with Gasteiger partial charge in [-0.25, -0.2) is 0 Å². The smallest absolute Gasteiger partial charge is 0.285 e. The van der Waals surface area contributed by atoms with E-state index >= 15 is 0 Å². The first-order valence-electron chi connectivity index (χ1n) is 6.28. The SMILES string of the molecule is CCCNc1nnc(C(=O)N(C)C(C)(C)CC)s1. The van der Waals surface area contributed by atoms with Crippen molar-refractivity contribution in [3.63, 3.8) is 0 Å². The van der Waals surface area contributed by atoms with Gasteiger partial charge in [-0.15, -0.1) is 10.2 Å². The molecule has 0 radical (unpaired) electrons. The molecule has 0 fully saturated rings. The van der Waals surface area contributed by atoms with Crippen molar-refractivity contribution >= 4 is 22.4 Å². The van der Waals surface area contributed by atoms with E-state index in [1.165, 1.54) is 11.3 Å². The van der Waals surface area contributed by atoms with E-state index in [1.54, 1.807) is 4.90 Å². The van der Waals surface area contributed by atoms with Gasteiger partial charge >= 0.3 is 0 Å². The molecule has 1 aromatic heterocycles. The number of nitrogens with zero attached hydrogens (tertiary/aromatic N) is 3. The largest absolute Gasteiger partial charge is 0.360 e. The van der Waals surface area contributed by atoms with Gasteiger partial charge in [0.05, 0.1) is 0 Å². The van der Waals surface area contributed by atoms with Crippen molar-refractivity contribution < 1.29 is 4.79 Å². The molecular formula is C12H22N4OS. The highest BCUT2D eigenvalue weighted by atomic mass is 32.1. The highest BCUT2D eigenvalue weighted by Gasteiger charge is 2.28. The summed E-state index contributed by atoms with van der Waals surface area (Å²) in [5, 5.41) is 12.2. The summed E-state index contributed by atoms with van der Waals surface area (Å²) >= 11 is 1.31. The summed E-state index contributed by atoms with van der Waals surface area (Å²) in [5.41, 5.74) is -0.167. The fourth-order valence-corrected chi connectivity index (χ4v) is 2.01. The summed E-state index contributed by atoms with van der Waals surface area (Å²) in [7, 11) is 1.81. The number of amides is 1. The zero-order chi connectivity index (χ0) is 13.8. The summed E-state index contributed by atoms with van der Waals surface area (Å²) < 4.78 is 0. The average Bonchev–Trinajstić information content (AvgIpc) is 2.83. The molecule has 0 bridgehead atoms. The van der Waals surface area contributed by atoms with Crippen molar-refractivity contribution in [1.82, 2.24) is 15.1 Å². The lowest BCUT2D eigenvalue weighted by molar-refractivity contribution is 0.0619. The van der Waals surface area contributed by atoms with Gasteiger partial charge in [0.15, 0.2) is 0 Å². The topological polar surface area (TPSA) is 58.1 Å². The van der Waals surface area contributed by atoms with Gasteiger partial charge in [-0.2, -0.15) is 0 Å². The molecule has 0 saturated carbocycles. The number of carbonyl (C=O) groups is 1. The number of aromatic nitrogens is 2. The molecule has 0 aliphatic rings. The maximum Gasteiger partial charge on any atom is 0.285 e. The van der Waals surface area contributed by atoms with Gasteiger partial charge in [0, 0.05) is 19.1 Å². The first kappa shape index (κ1) is 14.9. The van der Waals surface area contributed by atoms with E-state index in [2.05, 4.69) is 29.4 Å². The van der Waals surface area contributed by atoms with E-state index in [1.807, 2.05) is 20.9 Å². The summed E-state index contributed by atoms with van der Waals surface area (Å²) in [6, 6.07) is 0. The monoisotopic (exact) mass is 270 g/mol. The highest BCUT2D eigenvalue weighted by molar-refractivity contribution is 7.17. The molecule has 102 valence electrons. The number of anilines is 1. The number of hydrogen-bond donors (Lipinski definition) is 1. The van der Waals surface area contributed by atoms with E-state index in [4.69, 9.17) is 0 Å². The van der Waals surface area contributed by atoms with Crippen LogP contribution in [-0.2, 0) is 0 Å². The lowest BCUT2D eigenvalue weighted by Gasteiger charge is -2.34. The minimum atomic E-state index is -0.167. The van der Waals surface area contributed by atoms with E-state index in [0.717, 1.165) is 19.4 Å². The predicted octanol–water partition coefficient (Wildman–Crippen LogP) is 2.62. The molecule has 0 aliphatic heterocycles. The number of carbonyl (C=O) groups excluding carboxylic acids is 1. The van der Waals surface area contributed by atoms with Gasteiger partial charge in [0.25, 0.3) is 5.91 Å². The molecule has 0 aliphatic carbocycles. The van der Waals surface area contributed by atoms with Crippen molar-refractivity contribution in [3.8, 4) is 0 Å². The van der Waals surface area contributed by atoms with Crippen LogP contribution in [-0.4, -0.2) is 40.1 Å². The van der Waals surface area contributed by atoms with Crippen molar-refractivity contribution in [2.45, 2.75) is 46.1 Å². The molecule has 1 heterocycles. The summed E-state index contributed by atoms with van der Waals surface area (Å²) in [4.78, 5) is 14.0. The van der Waals surface area contributed by atoms with Crippen LogP contribution in [0.4, 0.5) is 5.13 Å². The van der Waals surface area contributed by atoms with Gasteiger partial charge < -0.3 is 10.2 Å². The van der Waals surface area contributed by atoms with E-state index in [-0.39, 0.29) is 11.4 Å². The Balaban J connectivity index is 2.75. The van der Waals surface area contributed by atoms with Crippen molar-refractivity contribution in [1.29, 1.82) is 0 Å². The predicted molar refractivity (Wildman–Crippen MR) is 75.2 cm³/mol. The second-order valence-electron chi connectivity index (χ2n) is 4.87. The third kappa shape index (κ3) is 3.41. The quantitative estimate of drug-likeness (QED) is 0.863. The maximum absolute atomic E-state index is 12.2. The van der Waals surface area contributed by atoms with Crippen molar-refractivity contribution in [2.75, 3.05) is 18.9 Å². The third-order valence-electron chi connectivity index (χ3n) is 3.21. The van der Waals surface area contributed by atoms with E-state index in [0.29, 0.717) is 10.1 Å². The Labute approximate surface area is 113 Å². The highest BCUT2D eigenvalue weighted by Crippen LogP contribution is 2.22. The van der Waals surface area contributed by atoms with Crippen LogP contribution in [0.25, 0.3) is 0 Å². The average molecular weight is 270 g/mol. The van der Waals surface area contributed by atoms with E-state index < -0.39 is 0 Å². The number of rotatable bonds is 6. The van der Waals surface area contributed by atoms with Gasteiger partial charge in [0.2, 0.25) is 10.1 Å². The number of hydrogen-bond acceptors (Lipinski definition) is 5. The van der Waals surface area contributed by atoms with Crippen LogP contribution < -0.4 is 5.32 Å². The molecule has 0 unspecified atom stereocenters. The van der Waals surface area contributed by atoms with Gasteiger partial charge in [-0.05, 0) is 26.7 Å². The maximum atomic E-state index is 12.2. The molecule has 1 aromatic rings. The molecule has 5 nitrogen and oxygen atoms in total. The van der Waals surface area contributed by atoms with Crippen LogP contribution in [0.1, 0.15) is 50.3 Å². The standard InChI is InChI=1S/C12H22N4OS/c1-6-8-13-11-15-14-9(18-11)10(17)16(5)12(3,4)7-2/h6-8H2,1-5H3,(H,13,15). The molecular weight excluding hydrogens is 248 g/mol. The Morgan fingerprint density at radius 3 is 2.61 bits per heavy atom. The van der Waals surface area contributed by atoms with Crippen molar-refractivity contribution in [2.24, 2.45) is 0 Å². The normalized spacial score (nSPS) is 11.4. The minimum absolute atomic E-state index is 0.0658. The zero-order valence-corrected chi connectivity index (χ0v) is 12.6. The van der Waals surface area contributed by atoms with Gasteiger partial charge in [-0.1, -0.05) is 25.2 Å². The summed E-state index contributed by atoms with van der Waals surface area (Å²) in [5.74, 6) is -0.0658. The first-order valence-corrected chi connectivity index (χ1v) is 7.09. The van der Waals surface area contributed by atoms with Gasteiger partial charge in [0.1, 0.15) is 0 Å². The molecule has 0 atom stereocenters. The zero-order valence-electron chi connectivity index (χ0n) is 11.8. The first-order chi connectivity index (χ1) is 8.42.